The molecule has 1 aromatic carbocycles. The molecule has 136 valence electrons. The number of aromatic nitrogens is 2. The SMILES string of the molecule is CN=C(NCc1ccn[nH]1)N1CCN(c2cc(F)ccc2F)CC1.I. The lowest BCUT2D eigenvalue weighted by Crippen LogP contribution is -2.52. The maximum Gasteiger partial charge on any atom is 0.194 e. The minimum atomic E-state index is -0.425. The third-order valence-electron chi connectivity index (χ3n) is 4.04. The van der Waals surface area contributed by atoms with Gasteiger partial charge in [-0.1, -0.05) is 0 Å². The zero-order chi connectivity index (χ0) is 16.9. The van der Waals surface area contributed by atoms with Crippen molar-refractivity contribution in [2.24, 2.45) is 4.99 Å². The summed E-state index contributed by atoms with van der Waals surface area (Å²) < 4.78 is 27.2. The smallest absolute Gasteiger partial charge is 0.194 e. The monoisotopic (exact) mass is 462 g/mol. The summed E-state index contributed by atoms with van der Waals surface area (Å²) in [5.74, 6) is -0.0403. The highest BCUT2D eigenvalue weighted by Crippen LogP contribution is 2.21. The van der Waals surface area contributed by atoms with E-state index in [1.165, 1.54) is 12.1 Å². The first-order valence-electron chi connectivity index (χ1n) is 7.81. The van der Waals surface area contributed by atoms with E-state index in [0.717, 1.165) is 17.7 Å². The fraction of sp³-hybridized carbons (Fsp3) is 0.375. The summed E-state index contributed by atoms with van der Waals surface area (Å²) in [7, 11) is 1.73. The van der Waals surface area contributed by atoms with Crippen molar-refractivity contribution in [3.8, 4) is 0 Å². The highest BCUT2D eigenvalue weighted by Gasteiger charge is 2.22. The summed E-state index contributed by atoms with van der Waals surface area (Å²) in [5.41, 5.74) is 1.28. The van der Waals surface area contributed by atoms with Crippen LogP contribution in [0.2, 0.25) is 0 Å². The highest BCUT2D eigenvalue weighted by molar-refractivity contribution is 14.0. The van der Waals surface area contributed by atoms with E-state index in [0.29, 0.717) is 38.4 Å². The molecule has 1 aliphatic heterocycles. The van der Waals surface area contributed by atoms with Crippen LogP contribution in [0.1, 0.15) is 5.69 Å². The van der Waals surface area contributed by atoms with Crippen LogP contribution < -0.4 is 10.2 Å². The quantitative estimate of drug-likeness (QED) is 0.418. The first kappa shape index (κ1) is 19.4. The van der Waals surface area contributed by atoms with E-state index in [1.54, 1.807) is 13.2 Å². The predicted molar refractivity (Wildman–Crippen MR) is 104 cm³/mol. The lowest BCUT2D eigenvalue weighted by molar-refractivity contribution is 0.370. The summed E-state index contributed by atoms with van der Waals surface area (Å²) >= 11 is 0. The molecule has 2 heterocycles. The van der Waals surface area contributed by atoms with Crippen molar-refractivity contribution in [3.63, 3.8) is 0 Å². The van der Waals surface area contributed by atoms with Crippen LogP contribution in [0, 0.1) is 11.6 Å². The highest BCUT2D eigenvalue weighted by atomic mass is 127. The molecule has 0 bridgehead atoms. The number of halogens is 3. The Balaban J connectivity index is 0.00000225. The van der Waals surface area contributed by atoms with Gasteiger partial charge >= 0.3 is 0 Å². The van der Waals surface area contributed by atoms with Gasteiger partial charge in [0.2, 0.25) is 0 Å². The first-order chi connectivity index (χ1) is 11.7. The zero-order valence-corrected chi connectivity index (χ0v) is 16.2. The molecule has 25 heavy (non-hydrogen) atoms. The molecule has 9 heteroatoms. The maximum absolute atomic E-state index is 13.9. The minimum Gasteiger partial charge on any atom is -0.366 e. The second-order valence-electron chi connectivity index (χ2n) is 5.55. The van der Waals surface area contributed by atoms with Crippen LogP contribution in [0.5, 0.6) is 0 Å². The molecule has 0 unspecified atom stereocenters. The summed E-state index contributed by atoms with van der Waals surface area (Å²) in [4.78, 5) is 8.24. The molecule has 0 atom stereocenters. The van der Waals surface area contributed by atoms with Crippen molar-refractivity contribution in [3.05, 3.63) is 47.8 Å². The van der Waals surface area contributed by atoms with Crippen LogP contribution in [0.15, 0.2) is 35.5 Å². The van der Waals surface area contributed by atoms with Crippen LogP contribution in [-0.4, -0.2) is 54.3 Å². The standard InChI is InChI=1S/C16H20F2N6.HI/c1-19-16(20-11-13-4-5-21-22-13)24-8-6-23(7-9-24)15-10-12(17)2-3-14(15)18;/h2-5,10H,6-9,11H2,1H3,(H,19,20)(H,21,22);1H. The summed E-state index contributed by atoms with van der Waals surface area (Å²) in [6.07, 6.45) is 1.70. The Bertz CT molecular complexity index is 699. The normalized spacial score (nSPS) is 15.1. The molecule has 0 spiro atoms. The molecule has 0 amide bonds. The van der Waals surface area contributed by atoms with Gasteiger partial charge in [-0.3, -0.25) is 10.1 Å². The third-order valence-corrected chi connectivity index (χ3v) is 4.04. The average molecular weight is 462 g/mol. The van der Waals surface area contributed by atoms with E-state index < -0.39 is 11.6 Å². The summed E-state index contributed by atoms with van der Waals surface area (Å²) in [5, 5.41) is 10.1. The van der Waals surface area contributed by atoms with E-state index in [-0.39, 0.29) is 24.0 Å². The van der Waals surface area contributed by atoms with Crippen LogP contribution in [0.25, 0.3) is 0 Å². The molecule has 0 radical (unpaired) electrons. The number of nitrogens with zero attached hydrogens (tertiary/aromatic N) is 4. The van der Waals surface area contributed by atoms with Crippen molar-refractivity contribution in [1.82, 2.24) is 20.4 Å². The molecule has 2 N–H and O–H groups in total. The second-order valence-corrected chi connectivity index (χ2v) is 5.55. The molecular weight excluding hydrogens is 441 g/mol. The van der Waals surface area contributed by atoms with E-state index in [2.05, 4.69) is 25.4 Å². The molecule has 0 aliphatic carbocycles. The Morgan fingerprint density at radius 1 is 1.24 bits per heavy atom. The van der Waals surface area contributed by atoms with Crippen molar-refractivity contribution in [2.75, 3.05) is 38.1 Å². The molecule has 2 aromatic rings. The van der Waals surface area contributed by atoms with Crippen LogP contribution >= 0.6 is 24.0 Å². The Morgan fingerprint density at radius 2 is 2.00 bits per heavy atom. The number of nitrogens with one attached hydrogen (secondary N) is 2. The fourth-order valence-electron chi connectivity index (χ4n) is 2.78. The lowest BCUT2D eigenvalue weighted by Gasteiger charge is -2.37. The van der Waals surface area contributed by atoms with E-state index in [4.69, 9.17) is 0 Å². The number of anilines is 1. The lowest BCUT2D eigenvalue weighted by atomic mass is 10.2. The number of aliphatic imine (C=N–C) groups is 1. The number of rotatable bonds is 3. The molecule has 1 aliphatic rings. The van der Waals surface area contributed by atoms with Gasteiger partial charge in [-0.05, 0) is 18.2 Å². The summed E-state index contributed by atoms with van der Waals surface area (Å²) in [6.45, 7) is 3.17. The average Bonchev–Trinajstić information content (AvgIpc) is 3.12. The van der Waals surface area contributed by atoms with Gasteiger partial charge < -0.3 is 15.1 Å². The van der Waals surface area contributed by atoms with Crippen molar-refractivity contribution >= 4 is 35.6 Å². The van der Waals surface area contributed by atoms with E-state index >= 15 is 0 Å². The molecule has 1 saturated heterocycles. The van der Waals surface area contributed by atoms with Gasteiger partial charge in [0.25, 0.3) is 0 Å². The van der Waals surface area contributed by atoms with Crippen LogP contribution in [0.3, 0.4) is 0 Å². The topological polar surface area (TPSA) is 59.6 Å². The second kappa shape index (κ2) is 8.97. The van der Waals surface area contributed by atoms with Gasteiger partial charge in [-0.2, -0.15) is 5.10 Å². The first-order valence-corrected chi connectivity index (χ1v) is 7.81. The van der Waals surface area contributed by atoms with Gasteiger partial charge in [0.1, 0.15) is 11.6 Å². The number of hydrogen-bond acceptors (Lipinski definition) is 3. The molecule has 1 fully saturated rings. The number of benzene rings is 1. The fourth-order valence-corrected chi connectivity index (χ4v) is 2.78. The molecule has 0 saturated carbocycles. The minimum absolute atomic E-state index is 0. The van der Waals surface area contributed by atoms with Gasteiger partial charge in [0, 0.05) is 45.5 Å². The Morgan fingerprint density at radius 3 is 2.64 bits per heavy atom. The van der Waals surface area contributed by atoms with Gasteiger partial charge in [0.15, 0.2) is 5.96 Å². The van der Waals surface area contributed by atoms with E-state index in [9.17, 15) is 8.78 Å². The largest absolute Gasteiger partial charge is 0.366 e. The van der Waals surface area contributed by atoms with Crippen molar-refractivity contribution in [2.45, 2.75) is 6.54 Å². The molecule has 6 nitrogen and oxygen atoms in total. The summed E-state index contributed by atoms with van der Waals surface area (Å²) in [6, 6.07) is 5.44. The van der Waals surface area contributed by atoms with Crippen LogP contribution in [0.4, 0.5) is 14.5 Å². The predicted octanol–water partition coefficient (Wildman–Crippen LogP) is 2.20. The maximum atomic E-state index is 13.9. The van der Waals surface area contributed by atoms with Crippen molar-refractivity contribution in [1.29, 1.82) is 0 Å². The number of hydrogen-bond donors (Lipinski definition) is 2. The zero-order valence-electron chi connectivity index (χ0n) is 13.9. The van der Waals surface area contributed by atoms with E-state index in [1.807, 2.05) is 11.0 Å². The van der Waals surface area contributed by atoms with Gasteiger partial charge in [-0.25, -0.2) is 8.78 Å². The van der Waals surface area contributed by atoms with Gasteiger partial charge in [-0.15, -0.1) is 24.0 Å². The number of H-pyrrole nitrogens is 1. The molecule has 1 aromatic heterocycles. The third kappa shape index (κ3) is 4.80. The van der Waals surface area contributed by atoms with Gasteiger partial charge in [0.05, 0.1) is 17.9 Å². The number of guanidine groups is 1. The van der Waals surface area contributed by atoms with Crippen molar-refractivity contribution < 1.29 is 8.78 Å². The Hall–Kier alpha value is -1.91. The Labute approximate surface area is 162 Å². The Kier molecular flexibility index (Phi) is 6.97. The molecular formula is C16H21F2IN6. The molecule has 3 rings (SSSR count). The number of piperazine rings is 1. The number of aromatic amines is 1. The van der Waals surface area contributed by atoms with Crippen LogP contribution in [-0.2, 0) is 6.54 Å².